The van der Waals surface area contributed by atoms with E-state index in [2.05, 4.69) is 20.9 Å². The number of amides is 1. The Labute approximate surface area is 155 Å². The number of carbonyl (C=O) groups is 1. The van der Waals surface area contributed by atoms with Crippen molar-refractivity contribution in [3.05, 3.63) is 46.1 Å². The topological polar surface area (TPSA) is 64.8 Å². The number of hydrogen-bond donors (Lipinski definition) is 0. The van der Waals surface area contributed by atoms with E-state index in [0.29, 0.717) is 25.5 Å². The van der Waals surface area contributed by atoms with Crippen molar-refractivity contribution in [2.24, 2.45) is 0 Å². The molecule has 0 saturated carbocycles. The molecule has 2 aromatic rings. The van der Waals surface area contributed by atoms with Crippen LogP contribution in [0.5, 0.6) is 5.75 Å². The molecule has 1 aromatic carbocycles. The molecule has 1 aliphatic rings. The van der Waals surface area contributed by atoms with Crippen molar-refractivity contribution in [3.63, 3.8) is 0 Å². The van der Waals surface area contributed by atoms with Crippen LogP contribution in [0.15, 0.2) is 33.6 Å². The standard InChI is InChI=1S/C18H21BrN2O4/c1-18(2,3)25-17(22)21-7-6-14-12(9-21)4-5-15(16(14)19)23-10-13-8-20-11-24-13/h4-5,8,11H,6-7,9-10H2,1-3H3. The van der Waals surface area contributed by atoms with E-state index < -0.39 is 5.60 Å². The van der Waals surface area contributed by atoms with Gasteiger partial charge in [-0.15, -0.1) is 0 Å². The smallest absolute Gasteiger partial charge is 0.410 e. The third kappa shape index (κ3) is 4.34. The van der Waals surface area contributed by atoms with Crippen molar-refractivity contribution in [1.29, 1.82) is 0 Å². The largest absolute Gasteiger partial charge is 0.484 e. The molecule has 1 amide bonds. The van der Waals surface area contributed by atoms with Gasteiger partial charge in [-0.25, -0.2) is 9.78 Å². The van der Waals surface area contributed by atoms with Crippen molar-refractivity contribution in [2.45, 2.75) is 45.9 Å². The van der Waals surface area contributed by atoms with Gasteiger partial charge in [-0.1, -0.05) is 6.07 Å². The van der Waals surface area contributed by atoms with Crippen LogP contribution in [0.3, 0.4) is 0 Å². The molecule has 2 heterocycles. The Hall–Kier alpha value is -2.02. The Balaban J connectivity index is 1.70. The molecule has 0 spiro atoms. The summed E-state index contributed by atoms with van der Waals surface area (Å²) in [4.78, 5) is 17.9. The summed E-state index contributed by atoms with van der Waals surface area (Å²) in [6.07, 6.45) is 3.48. The minimum atomic E-state index is -0.490. The predicted octanol–water partition coefficient (Wildman–Crippen LogP) is 4.31. The van der Waals surface area contributed by atoms with Gasteiger partial charge >= 0.3 is 6.09 Å². The first-order chi connectivity index (χ1) is 11.8. The zero-order valence-corrected chi connectivity index (χ0v) is 16.1. The Morgan fingerprint density at radius 1 is 1.40 bits per heavy atom. The van der Waals surface area contributed by atoms with Crippen molar-refractivity contribution in [3.8, 4) is 5.75 Å². The van der Waals surface area contributed by atoms with Crippen LogP contribution in [0.2, 0.25) is 0 Å². The highest BCUT2D eigenvalue weighted by atomic mass is 79.9. The summed E-state index contributed by atoms with van der Waals surface area (Å²) in [6.45, 7) is 7.09. The number of hydrogen-bond acceptors (Lipinski definition) is 5. The van der Waals surface area contributed by atoms with Crippen molar-refractivity contribution in [1.82, 2.24) is 9.88 Å². The Bertz CT molecular complexity index is 753. The number of rotatable bonds is 3. The SMILES string of the molecule is CC(C)(C)OC(=O)N1CCc2c(ccc(OCc3cnco3)c2Br)C1. The third-order valence-electron chi connectivity index (χ3n) is 3.80. The molecule has 1 aromatic heterocycles. The fourth-order valence-electron chi connectivity index (χ4n) is 2.65. The summed E-state index contributed by atoms with van der Waals surface area (Å²) in [6, 6.07) is 3.89. The first-order valence-electron chi connectivity index (χ1n) is 8.12. The average molecular weight is 409 g/mol. The van der Waals surface area contributed by atoms with Crippen LogP contribution in [-0.4, -0.2) is 28.1 Å². The van der Waals surface area contributed by atoms with Crippen LogP contribution in [0.4, 0.5) is 4.79 Å². The Kier molecular flexibility index (Phi) is 5.03. The molecule has 0 fully saturated rings. The van der Waals surface area contributed by atoms with Gasteiger partial charge in [0.25, 0.3) is 0 Å². The highest BCUT2D eigenvalue weighted by Gasteiger charge is 2.27. The number of oxazole rings is 1. The van der Waals surface area contributed by atoms with Gasteiger partial charge in [0, 0.05) is 13.1 Å². The molecule has 0 aliphatic carbocycles. The second-order valence-electron chi connectivity index (χ2n) is 6.92. The summed E-state index contributed by atoms with van der Waals surface area (Å²) in [5.74, 6) is 1.42. The van der Waals surface area contributed by atoms with E-state index in [1.165, 1.54) is 6.39 Å². The van der Waals surface area contributed by atoms with Gasteiger partial charge in [0.15, 0.2) is 12.2 Å². The lowest BCUT2D eigenvalue weighted by molar-refractivity contribution is 0.0223. The van der Waals surface area contributed by atoms with Crippen LogP contribution in [0, 0.1) is 0 Å². The number of aromatic nitrogens is 1. The monoisotopic (exact) mass is 408 g/mol. The molecule has 3 rings (SSSR count). The van der Waals surface area contributed by atoms with Crippen molar-refractivity contribution >= 4 is 22.0 Å². The lowest BCUT2D eigenvalue weighted by atomic mass is 9.99. The number of fused-ring (bicyclic) bond motifs is 1. The molecule has 0 radical (unpaired) electrons. The molecule has 0 saturated heterocycles. The van der Waals surface area contributed by atoms with E-state index in [9.17, 15) is 4.79 Å². The second-order valence-corrected chi connectivity index (χ2v) is 7.72. The zero-order valence-electron chi connectivity index (χ0n) is 14.5. The van der Waals surface area contributed by atoms with Gasteiger partial charge < -0.3 is 18.8 Å². The van der Waals surface area contributed by atoms with Crippen LogP contribution in [-0.2, 0) is 24.3 Å². The molecular formula is C18H21BrN2O4. The molecule has 0 bridgehead atoms. The van der Waals surface area contributed by atoms with Gasteiger partial charge in [0.05, 0.1) is 10.7 Å². The van der Waals surface area contributed by atoms with E-state index in [-0.39, 0.29) is 6.09 Å². The fourth-order valence-corrected chi connectivity index (χ4v) is 3.35. The molecule has 0 unspecified atom stereocenters. The summed E-state index contributed by atoms with van der Waals surface area (Å²) < 4.78 is 17.4. The minimum Gasteiger partial charge on any atom is -0.484 e. The maximum atomic E-state index is 12.3. The van der Waals surface area contributed by atoms with Gasteiger partial charge in [0.1, 0.15) is 18.0 Å². The third-order valence-corrected chi connectivity index (χ3v) is 4.67. The van der Waals surface area contributed by atoms with E-state index in [4.69, 9.17) is 13.9 Å². The second kappa shape index (κ2) is 7.07. The number of ether oxygens (including phenoxy) is 2. The number of halogens is 1. The minimum absolute atomic E-state index is 0.278. The fraction of sp³-hybridized carbons (Fsp3) is 0.444. The summed E-state index contributed by atoms with van der Waals surface area (Å²) >= 11 is 3.63. The average Bonchev–Trinajstić information content (AvgIpc) is 3.06. The molecule has 134 valence electrons. The lowest BCUT2D eigenvalue weighted by Crippen LogP contribution is -2.40. The van der Waals surface area contributed by atoms with Gasteiger partial charge in [0.2, 0.25) is 0 Å². The van der Waals surface area contributed by atoms with Gasteiger partial charge in [-0.2, -0.15) is 0 Å². The maximum absolute atomic E-state index is 12.3. The quantitative estimate of drug-likeness (QED) is 0.756. The van der Waals surface area contributed by atoms with Crippen LogP contribution < -0.4 is 4.74 Å². The summed E-state index contributed by atoms with van der Waals surface area (Å²) in [7, 11) is 0. The number of nitrogens with zero attached hydrogens (tertiary/aromatic N) is 2. The van der Waals surface area contributed by atoms with E-state index in [0.717, 1.165) is 27.8 Å². The van der Waals surface area contributed by atoms with Gasteiger partial charge in [-0.05, 0) is 60.3 Å². The summed E-state index contributed by atoms with van der Waals surface area (Å²) in [5.41, 5.74) is 1.77. The molecule has 25 heavy (non-hydrogen) atoms. The van der Waals surface area contributed by atoms with Crippen LogP contribution in [0.25, 0.3) is 0 Å². The molecule has 7 heteroatoms. The number of benzene rings is 1. The molecule has 0 atom stereocenters. The molecular weight excluding hydrogens is 388 g/mol. The Morgan fingerprint density at radius 2 is 2.20 bits per heavy atom. The number of carbonyl (C=O) groups excluding carboxylic acids is 1. The van der Waals surface area contributed by atoms with Crippen molar-refractivity contribution in [2.75, 3.05) is 6.54 Å². The predicted molar refractivity (Wildman–Crippen MR) is 95.3 cm³/mol. The zero-order chi connectivity index (χ0) is 18.0. The van der Waals surface area contributed by atoms with E-state index in [1.807, 2.05) is 32.9 Å². The Morgan fingerprint density at radius 3 is 2.88 bits per heavy atom. The van der Waals surface area contributed by atoms with Gasteiger partial charge in [-0.3, -0.25) is 0 Å². The molecule has 1 aliphatic heterocycles. The van der Waals surface area contributed by atoms with E-state index >= 15 is 0 Å². The lowest BCUT2D eigenvalue weighted by Gasteiger charge is -2.32. The summed E-state index contributed by atoms with van der Waals surface area (Å²) in [5, 5.41) is 0. The first kappa shape index (κ1) is 17.8. The normalized spacial score (nSPS) is 14.2. The maximum Gasteiger partial charge on any atom is 0.410 e. The highest BCUT2D eigenvalue weighted by molar-refractivity contribution is 9.10. The first-order valence-corrected chi connectivity index (χ1v) is 8.91. The molecule has 0 N–H and O–H groups in total. The van der Waals surface area contributed by atoms with Crippen molar-refractivity contribution < 1.29 is 18.7 Å². The highest BCUT2D eigenvalue weighted by Crippen LogP contribution is 2.35. The van der Waals surface area contributed by atoms with Crippen LogP contribution >= 0.6 is 15.9 Å². The van der Waals surface area contributed by atoms with Crippen LogP contribution in [0.1, 0.15) is 37.7 Å². The molecule has 6 nitrogen and oxygen atoms in total. The van der Waals surface area contributed by atoms with E-state index in [1.54, 1.807) is 11.1 Å².